The van der Waals surface area contributed by atoms with Crippen LogP contribution in [0.25, 0.3) is 0 Å². The van der Waals surface area contributed by atoms with Gasteiger partial charge >= 0.3 is 0 Å². The predicted octanol–water partition coefficient (Wildman–Crippen LogP) is 2.14. The molecular formula is C14H22N2OS. The number of amides is 1. The first-order valence-corrected chi connectivity index (χ1v) is 7.57. The van der Waals surface area contributed by atoms with E-state index >= 15 is 0 Å². The number of likely N-dealkylation sites (N-methyl/N-ethyl adjacent to an activating group) is 1. The molecule has 100 valence electrons. The monoisotopic (exact) mass is 266 g/mol. The predicted molar refractivity (Wildman–Crippen MR) is 75.8 cm³/mol. The SMILES string of the molecule is CCN1CC(Cc2cccs2)CC(NC(C)=O)C1. The fourth-order valence-corrected chi connectivity index (χ4v) is 3.64. The van der Waals surface area contributed by atoms with Crippen LogP contribution >= 0.6 is 11.3 Å². The maximum Gasteiger partial charge on any atom is 0.217 e. The Morgan fingerprint density at radius 1 is 1.56 bits per heavy atom. The van der Waals surface area contributed by atoms with E-state index in [1.54, 1.807) is 6.92 Å². The number of hydrogen-bond donors (Lipinski definition) is 1. The molecule has 1 N–H and O–H groups in total. The minimum atomic E-state index is 0.0906. The Labute approximate surface area is 113 Å². The number of nitrogens with zero attached hydrogens (tertiary/aromatic N) is 1. The van der Waals surface area contributed by atoms with Gasteiger partial charge in [-0.05, 0) is 36.8 Å². The average molecular weight is 266 g/mol. The van der Waals surface area contributed by atoms with Gasteiger partial charge in [-0.2, -0.15) is 0 Å². The minimum absolute atomic E-state index is 0.0906. The van der Waals surface area contributed by atoms with Gasteiger partial charge in [0.1, 0.15) is 0 Å². The molecule has 0 spiro atoms. The average Bonchev–Trinajstić information content (AvgIpc) is 2.80. The number of carbonyl (C=O) groups is 1. The summed E-state index contributed by atoms with van der Waals surface area (Å²) in [5.41, 5.74) is 0. The summed E-state index contributed by atoms with van der Waals surface area (Å²) in [6, 6.07) is 4.65. The van der Waals surface area contributed by atoms with Gasteiger partial charge in [-0.25, -0.2) is 0 Å². The van der Waals surface area contributed by atoms with Crippen LogP contribution in [0, 0.1) is 5.92 Å². The molecule has 18 heavy (non-hydrogen) atoms. The van der Waals surface area contributed by atoms with E-state index in [1.807, 2.05) is 11.3 Å². The van der Waals surface area contributed by atoms with Crippen molar-refractivity contribution in [1.29, 1.82) is 0 Å². The highest BCUT2D eigenvalue weighted by atomic mass is 32.1. The summed E-state index contributed by atoms with van der Waals surface area (Å²) in [5.74, 6) is 0.752. The van der Waals surface area contributed by atoms with Crippen molar-refractivity contribution in [2.75, 3.05) is 19.6 Å². The molecule has 2 heterocycles. The van der Waals surface area contributed by atoms with Gasteiger partial charge in [0.25, 0.3) is 0 Å². The van der Waals surface area contributed by atoms with E-state index < -0.39 is 0 Å². The molecule has 1 aliphatic heterocycles. The van der Waals surface area contributed by atoms with Crippen LogP contribution in [0.1, 0.15) is 25.1 Å². The van der Waals surface area contributed by atoms with Crippen molar-refractivity contribution in [3.05, 3.63) is 22.4 Å². The van der Waals surface area contributed by atoms with E-state index in [4.69, 9.17) is 0 Å². The minimum Gasteiger partial charge on any atom is -0.352 e. The Balaban J connectivity index is 1.94. The lowest BCUT2D eigenvalue weighted by molar-refractivity contribution is -0.120. The van der Waals surface area contributed by atoms with Crippen LogP contribution in [0.4, 0.5) is 0 Å². The lowest BCUT2D eigenvalue weighted by atomic mass is 9.91. The second kappa shape index (κ2) is 6.34. The zero-order valence-corrected chi connectivity index (χ0v) is 12.0. The summed E-state index contributed by atoms with van der Waals surface area (Å²) < 4.78 is 0. The molecule has 2 unspecified atom stereocenters. The van der Waals surface area contributed by atoms with Crippen molar-refractivity contribution < 1.29 is 4.79 Å². The molecule has 1 saturated heterocycles. The topological polar surface area (TPSA) is 32.3 Å². The third-order valence-corrected chi connectivity index (χ3v) is 4.44. The van der Waals surface area contributed by atoms with E-state index in [0.29, 0.717) is 12.0 Å². The van der Waals surface area contributed by atoms with E-state index in [0.717, 1.165) is 32.5 Å². The van der Waals surface area contributed by atoms with Crippen LogP contribution in [0.2, 0.25) is 0 Å². The van der Waals surface area contributed by atoms with Gasteiger partial charge < -0.3 is 10.2 Å². The molecule has 0 aromatic carbocycles. The Morgan fingerprint density at radius 3 is 3.00 bits per heavy atom. The smallest absolute Gasteiger partial charge is 0.217 e. The first-order chi connectivity index (χ1) is 8.67. The summed E-state index contributed by atoms with van der Waals surface area (Å²) in [7, 11) is 0. The van der Waals surface area contributed by atoms with E-state index in [9.17, 15) is 4.79 Å². The van der Waals surface area contributed by atoms with E-state index in [-0.39, 0.29) is 5.91 Å². The van der Waals surface area contributed by atoms with Crippen LogP contribution in [0.3, 0.4) is 0 Å². The van der Waals surface area contributed by atoms with Crippen molar-refractivity contribution in [1.82, 2.24) is 10.2 Å². The van der Waals surface area contributed by atoms with Gasteiger partial charge in [-0.3, -0.25) is 4.79 Å². The van der Waals surface area contributed by atoms with Crippen molar-refractivity contribution in [2.24, 2.45) is 5.92 Å². The lowest BCUT2D eigenvalue weighted by Crippen LogP contribution is -2.50. The molecule has 1 aromatic heterocycles. The van der Waals surface area contributed by atoms with E-state index in [1.165, 1.54) is 4.88 Å². The van der Waals surface area contributed by atoms with Gasteiger partial charge in [-0.1, -0.05) is 13.0 Å². The molecule has 4 heteroatoms. The van der Waals surface area contributed by atoms with Crippen molar-refractivity contribution in [2.45, 2.75) is 32.7 Å². The highest BCUT2D eigenvalue weighted by molar-refractivity contribution is 7.09. The number of likely N-dealkylation sites (tertiary alicyclic amines) is 1. The van der Waals surface area contributed by atoms with Crippen molar-refractivity contribution >= 4 is 17.2 Å². The molecular weight excluding hydrogens is 244 g/mol. The number of carbonyl (C=O) groups excluding carboxylic acids is 1. The maximum absolute atomic E-state index is 11.2. The van der Waals surface area contributed by atoms with Crippen LogP contribution in [0.15, 0.2) is 17.5 Å². The quantitative estimate of drug-likeness (QED) is 0.905. The molecule has 1 fully saturated rings. The highest BCUT2D eigenvalue weighted by Gasteiger charge is 2.27. The normalized spacial score (nSPS) is 25.0. The van der Waals surface area contributed by atoms with Gasteiger partial charge in [0.2, 0.25) is 5.91 Å². The summed E-state index contributed by atoms with van der Waals surface area (Å²) in [4.78, 5) is 15.1. The fourth-order valence-electron chi connectivity index (χ4n) is 2.81. The molecule has 0 saturated carbocycles. The first-order valence-electron chi connectivity index (χ1n) is 6.69. The number of rotatable bonds is 4. The number of thiophene rings is 1. The van der Waals surface area contributed by atoms with Gasteiger partial charge in [0, 0.05) is 30.9 Å². The second-order valence-corrected chi connectivity index (χ2v) is 6.17. The number of nitrogens with one attached hydrogen (secondary N) is 1. The standard InChI is InChI=1S/C14H22N2OS/c1-3-16-9-12(8-14-5-4-6-18-14)7-13(10-16)15-11(2)17/h4-6,12-13H,3,7-10H2,1-2H3,(H,15,17). The number of hydrogen-bond acceptors (Lipinski definition) is 3. The molecule has 2 atom stereocenters. The Hall–Kier alpha value is -0.870. The van der Waals surface area contributed by atoms with Gasteiger partial charge in [0.15, 0.2) is 0 Å². The molecule has 0 aliphatic carbocycles. The largest absolute Gasteiger partial charge is 0.352 e. The van der Waals surface area contributed by atoms with E-state index in [2.05, 4.69) is 34.7 Å². The fraction of sp³-hybridized carbons (Fsp3) is 0.643. The molecule has 0 radical (unpaired) electrons. The molecule has 1 aliphatic rings. The van der Waals surface area contributed by atoms with Gasteiger partial charge in [-0.15, -0.1) is 11.3 Å². The van der Waals surface area contributed by atoms with Crippen LogP contribution < -0.4 is 5.32 Å². The lowest BCUT2D eigenvalue weighted by Gasteiger charge is -2.37. The highest BCUT2D eigenvalue weighted by Crippen LogP contribution is 2.23. The zero-order chi connectivity index (χ0) is 13.0. The summed E-state index contributed by atoms with van der Waals surface area (Å²) >= 11 is 1.83. The summed E-state index contributed by atoms with van der Waals surface area (Å²) in [5, 5.41) is 5.22. The molecule has 2 rings (SSSR count). The Bertz CT molecular complexity index is 377. The third kappa shape index (κ3) is 3.82. The first kappa shape index (κ1) is 13.6. The number of piperidine rings is 1. The molecule has 1 aromatic rings. The van der Waals surface area contributed by atoms with Crippen LogP contribution in [-0.4, -0.2) is 36.5 Å². The van der Waals surface area contributed by atoms with Crippen molar-refractivity contribution in [3.63, 3.8) is 0 Å². The summed E-state index contributed by atoms with van der Waals surface area (Å²) in [6.07, 6.45) is 2.25. The molecule has 0 bridgehead atoms. The molecule has 1 amide bonds. The zero-order valence-electron chi connectivity index (χ0n) is 11.2. The second-order valence-electron chi connectivity index (χ2n) is 5.13. The Morgan fingerprint density at radius 2 is 2.39 bits per heavy atom. The summed E-state index contributed by atoms with van der Waals surface area (Å²) in [6.45, 7) is 7.02. The Kier molecular flexibility index (Phi) is 4.78. The third-order valence-electron chi connectivity index (χ3n) is 3.54. The molecule has 3 nitrogen and oxygen atoms in total. The van der Waals surface area contributed by atoms with Crippen LogP contribution in [0.5, 0.6) is 0 Å². The van der Waals surface area contributed by atoms with Gasteiger partial charge in [0.05, 0.1) is 0 Å². The maximum atomic E-state index is 11.2. The van der Waals surface area contributed by atoms with Crippen molar-refractivity contribution in [3.8, 4) is 0 Å². The van der Waals surface area contributed by atoms with Crippen LogP contribution in [-0.2, 0) is 11.2 Å².